The van der Waals surface area contributed by atoms with Crippen molar-refractivity contribution in [3.8, 4) is 11.6 Å². The predicted octanol–water partition coefficient (Wildman–Crippen LogP) is 3.23. The molecule has 2 atom stereocenters. The van der Waals surface area contributed by atoms with Gasteiger partial charge in [-0.25, -0.2) is 9.97 Å². The van der Waals surface area contributed by atoms with Crippen molar-refractivity contribution in [2.75, 3.05) is 38.7 Å². The zero-order valence-electron chi connectivity index (χ0n) is 17.4. The summed E-state index contributed by atoms with van der Waals surface area (Å²) in [7, 11) is 1.67. The van der Waals surface area contributed by atoms with Crippen molar-refractivity contribution in [3.63, 3.8) is 0 Å². The van der Waals surface area contributed by atoms with Gasteiger partial charge in [-0.1, -0.05) is 12.1 Å². The van der Waals surface area contributed by atoms with Crippen molar-refractivity contribution < 1.29 is 9.47 Å². The summed E-state index contributed by atoms with van der Waals surface area (Å²) >= 11 is 0. The second kappa shape index (κ2) is 7.51. The van der Waals surface area contributed by atoms with Gasteiger partial charge >= 0.3 is 0 Å². The Morgan fingerprint density at radius 2 is 2.00 bits per heavy atom. The summed E-state index contributed by atoms with van der Waals surface area (Å²) in [6.45, 7) is 3.31. The standard InChI is InChI=1S/C24H25N5O2/c1-30-9-10-31-16-6-7-21-20(11-16)26-14-29(21)22-8-5-15-3-2-4-19(23(15)28-22)27-24-17-12-25-13-18(17)24/h2-8,11,14,17-18,24-25,27H,9-10,12-13H2,1H3. The number of hydrogen-bond donors (Lipinski definition) is 2. The average Bonchev–Trinajstić information content (AvgIpc) is 3.14. The lowest BCUT2D eigenvalue weighted by Gasteiger charge is -2.13. The summed E-state index contributed by atoms with van der Waals surface area (Å²) in [6, 6.07) is 17.0. The van der Waals surface area contributed by atoms with E-state index in [1.54, 1.807) is 7.11 Å². The van der Waals surface area contributed by atoms with E-state index in [0.717, 1.165) is 64.1 Å². The number of benzene rings is 2. The number of methoxy groups -OCH3 is 1. The molecule has 2 aromatic heterocycles. The SMILES string of the molecule is COCCOc1ccc2c(c1)ncn2-c1ccc2cccc(NC3C4CNCC43)c2n1. The zero-order chi connectivity index (χ0) is 20.8. The van der Waals surface area contributed by atoms with Crippen LogP contribution in [0.3, 0.4) is 0 Å². The van der Waals surface area contributed by atoms with Gasteiger partial charge in [-0.15, -0.1) is 0 Å². The van der Waals surface area contributed by atoms with Crippen LogP contribution in [0.5, 0.6) is 5.75 Å². The van der Waals surface area contributed by atoms with E-state index < -0.39 is 0 Å². The average molecular weight is 415 g/mol. The Balaban J connectivity index is 1.32. The van der Waals surface area contributed by atoms with Crippen LogP contribution in [0.25, 0.3) is 27.8 Å². The fraction of sp³-hybridized carbons (Fsp3) is 0.333. The molecule has 0 bridgehead atoms. The number of piperidine rings is 1. The van der Waals surface area contributed by atoms with Gasteiger partial charge in [0.05, 0.1) is 28.8 Å². The summed E-state index contributed by atoms with van der Waals surface area (Å²) in [5, 5.41) is 8.34. The van der Waals surface area contributed by atoms with Crippen molar-refractivity contribution in [1.82, 2.24) is 19.9 Å². The van der Waals surface area contributed by atoms with Crippen molar-refractivity contribution in [2.24, 2.45) is 11.8 Å². The summed E-state index contributed by atoms with van der Waals surface area (Å²) < 4.78 is 12.8. The highest BCUT2D eigenvalue weighted by molar-refractivity contribution is 5.91. The molecule has 6 rings (SSSR count). The molecule has 7 nitrogen and oxygen atoms in total. The van der Waals surface area contributed by atoms with Crippen LogP contribution >= 0.6 is 0 Å². The van der Waals surface area contributed by atoms with Crippen LogP contribution in [0.1, 0.15) is 0 Å². The Morgan fingerprint density at radius 1 is 1.10 bits per heavy atom. The smallest absolute Gasteiger partial charge is 0.139 e. The molecule has 158 valence electrons. The highest BCUT2D eigenvalue weighted by Gasteiger charge is 2.53. The third kappa shape index (κ3) is 3.30. The van der Waals surface area contributed by atoms with Crippen LogP contribution in [0.2, 0.25) is 0 Å². The van der Waals surface area contributed by atoms with E-state index in [2.05, 4.69) is 39.9 Å². The summed E-state index contributed by atoms with van der Waals surface area (Å²) in [5.41, 5.74) is 3.98. The minimum absolute atomic E-state index is 0.517. The molecule has 1 saturated carbocycles. The van der Waals surface area contributed by atoms with Gasteiger partial charge in [-0.2, -0.15) is 0 Å². The number of nitrogens with one attached hydrogen (secondary N) is 2. The molecule has 1 aliphatic heterocycles. The highest BCUT2D eigenvalue weighted by atomic mass is 16.5. The largest absolute Gasteiger partial charge is 0.491 e. The fourth-order valence-electron chi connectivity index (χ4n) is 4.71. The number of ether oxygens (including phenoxy) is 2. The maximum Gasteiger partial charge on any atom is 0.139 e. The van der Waals surface area contributed by atoms with E-state index in [4.69, 9.17) is 14.5 Å². The lowest BCUT2D eigenvalue weighted by atomic mass is 10.2. The van der Waals surface area contributed by atoms with E-state index in [0.29, 0.717) is 19.3 Å². The normalized spacial score (nSPS) is 22.0. The van der Waals surface area contributed by atoms with E-state index in [1.165, 1.54) is 0 Å². The quantitative estimate of drug-likeness (QED) is 0.452. The molecule has 2 unspecified atom stereocenters. The molecule has 31 heavy (non-hydrogen) atoms. The number of imidazole rings is 1. The molecule has 4 aromatic rings. The van der Waals surface area contributed by atoms with Crippen LogP contribution in [0, 0.1) is 11.8 Å². The first-order valence-electron chi connectivity index (χ1n) is 10.8. The van der Waals surface area contributed by atoms with Crippen LogP contribution < -0.4 is 15.4 Å². The second-order valence-electron chi connectivity index (χ2n) is 8.31. The third-order valence-corrected chi connectivity index (χ3v) is 6.44. The number of fused-ring (bicyclic) bond motifs is 3. The molecular formula is C24H25N5O2. The lowest BCUT2D eigenvalue weighted by Crippen LogP contribution is -2.21. The molecule has 2 aromatic carbocycles. The van der Waals surface area contributed by atoms with E-state index in [1.807, 2.05) is 35.2 Å². The van der Waals surface area contributed by atoms with Gasteiger partial charge in [0.1, 0.15) is 24.5 Å². The molecule has 1 aliphatic carbocycles. The zero-order valence-corrected chi connectivity index (χ0v) is 17.4. The molecule has 0 radical (unpaired) electrons. The minimum atomic E-state index is 0.517. The Morgan fingerprint density at radius 3 is 2.87 bits per heavy atom. The Hall–Kier alpha value is -3.16. The molecule has 0 amide bonds. The Labute approximate surface area is 180 Å². The number of aromatic nitrogens is 3. The van der Waals surface area contributed by atoms with E-state index in [9.17, 15) is 0 Å². The van der Waals surface area contributed by atoms with Crippen molar-refractivity contribution in [2.45, 2.75) is 6.04 Å². The maximum atomic E-state index is 5.71. The molecule has 3 heterocycles. The number of nitrogens with zero attached hydrogens (tertiary/aromatic N) is 3. The van der Waals surface area contributed by atoms with Gasteiger partial charge < -0.3 is 20.1 Å². The number of rotatable bonds is 7. The molecule has 2 fully saturated rings. The molecule has 2 N–H and O–H groups in total. The molecular weight excluding hydrogens is 390 g/mol. The van der Waals surface area contributed by atoms with Gasteiger partial charge in [-0.3, -0.25) is 4.57 Å². The second-order valence-corrected chi connectivity index (χ2v) is 8.31. The van der Waals surface area contributed by atoms with Gasteiger partial charge in [0.2, 0.25) is 0 Å². The summed E-state index contributed by atoms with van der Waals surface area (Å²) in [5.74, 6) is 3.14. The van der Waals surface area contributed by atoms with Gasteiger partial charge in [0, 0.05) is 37.7 Å². The van der Waals surface area contributed by atoms with Crippen LogP contribution in [-0.4, -0.2) is 54.0 Å². The van der Waals surface area contributed by atoms with Crippen LogP contribution in [0.4, 0.5) is 5.69 Å². The molecule has 0 spiro atoms. The van der Waals surface area contributed by atoms with Crippen LogP contribution in [0.15, 0.2) is 54.9 Å². The minimum Gasteiger partial charge on any atom is -0.491 e. The van der Waals surface area contributed by atoms with E-state index >= 15 is 0 Å². The summed E-state index contributed by atoms with van der Waals surface area (Å²) in [6.07, 6.45) is 1.82. The first kappa shape index (κ1) is 18.6. The number of hydrogen-bond acceptors (Lipinski definition) is 6. The lowest BCUT2D eigenvalue weighted by molar-refractivity contribution is 0.146. The van der Waals surface area contributed by atoms with Gasteiger partial charge in [0.25, 0.3) is 0 Å². The summed E-state index contributed by atoms with van der Waals surface area (Å²) in [4.78, 5) is 9.60. The number of para-hydroxylation sites is 1. The highest BCUT2D eigenvalue weighted by Crippen LogP contribution is 2.44. The van der Waals surface area contributed by atoms with Crippen molar-refractivity contribution in [1.29, 1.82) is 0 Å². The molecule has 2 aliphatic rings. The Bertz CT molecular complexity index is 1240. The third-order valence-electron chi connectivity index (χ3n) is 6.44. The van der Waals surface area contributed by atoms with E-state index in [-0.39, 0.29) is 0 Å². The number of pyridine rings is 1. The predicted molar refractivity (Wildman–Crippen MR) is 121 cm³/mol. The fourth-order valence-corrected chi connectivity index (χ4v) is 4.71. The first-order valence-corrected chi connectivity index (χ1v) is 10.8. The maximum absolute atomic E-state index is 5.71. The molecule has 7 heteroatoms. The Kier molecular flexibility index (Phi) is 4.51. The molecule has 1 saturated heterocycles. The monoisotopic (exact) mass is 415 g/mol. The van der Waals surface area contributed by atoms with Crippen LogP contribution in [-0.2, 0) is 4.74 Å². The topological polar surface area (TPSA) is 73.2 Å². The van der Waals surface area contributed by atoms with Gasteiger partial charge in [0.15, 0.2) is 0 Å². The van der Waals surface area contributed by atoms with Crippen molar-refractivity contribution >= 4 is 27.6 Å². The van der Waals surface area contributed by atoms with Crippen molar-refractivity contribution in [3.05, 3.63) is 54.9 Å². The first-order chi connectivity index (χ1) is 15.3. The van der Waals surface area contributed by atoms with Gasteiger partial charge in [-0.05, 0) is 42.2 Å². The number of anilines is 1.